The molecule has 0 spiro atoms. The monoisotopic (exact) mass is 405 g/mol. The average molecular weight is 406 g/mol. The summed E-state index contributed by atoms with van der Waals surface area (Å²) in [4.78, 5) is 28.9. The van der Waals surface area contributed by atoms with E-state index in [0.29, 0.717) is 12.2 Å². The molecule has 0 aliphatic rings. The first-order valence-corrected chi connectivity index (χ1v) is 10.6. The third-order valence-electron chi connectivity index (χ3n) is 4.85. The zero-order valence-electron chi connectivity index (χ0n) is 16.3. The summed E-state index contributed by atoms with van der Waals surface area (Å²) in [5.41, 5.74) is 4.72. The molecule has 0 atom stereocenters. The Balaban J connectivity index is 1.23. The molecule has 0 bridgehead atoms. The minimum atomic E-state index is -0.133. The van der Waals surface area contributed by atoms with Gasteiger partial charge in [0.1, 0.15) is 11.5 Å². The van der Waals surface area contributed by atoms with E-state index in [4.69, 9.17) is 0 Å². The van der Waals surface area contributed by atoms with E-state index >= 15 is 0 Å². The maximum absolute atomic E-state index is 12.3. The standard InChI is InChI=1S/C22H23N5OS/c1-15-12-23-11-10-16(15)13-24-22(28)19-14-29-21(27-19)9-5-4-8-20-25-17-6-2-3-7-18(17)26-20/h2-3,6-7,10-12,14H,4-5,8-9,13H2,1H3,(H,24,28)(H,25,26). The second kappa shape index (κ2) is 8.96. The lowest BCUT2D eigenvalue weighted by Gasteiger charge is -2.05. The van der Waals surface area contributed by atoms with Crippen LogP contribution in [0.2, 0.25) is 0 Å². The maximum atomic E-state index is 12.3. The molecule has 3 heterocycles. The lowest BCUT2D eigenvalue weighted by Crippen LogP contribution is -2.23. The van der Waals surface area contributed by atoms with E-state index in [-0.39, 0.29) is 5.91 Å². The molecule has 1 aromatic carbocycles. The summed E-state index contributed by atoms with van der Waals surface area (Å²) >= 11 is 1.55. The fourth-order valence-electron chi connectivity index (χ4n) is 3.19. The summed E-state index contributed by atoms with van der Waals surface area (Å²) in [5.74, 6) is 0.891. The average Bonchev–Trinajstić information content (AvgIpc) is 3.37. The maximum Gasteiger partial charge on any atom is 0.271 e. The lowest BCUT2D eigenvalue weighted by atomic mass is 10.1. The van der Waals surface area contributed by atoms with E-state index in [1.807, 2.05) is 42.6 Å². The number of rotatable bonds is 8. The van der Waals surface area contributed by atoms with Crippen LogP contribution >= 0.6 is 11.3 Å². The summed E-state index contributed by atoms with van der Waals surface area (Å²) in [6.45, 7) is 2.47. The molecule has 29 heavy (non-hydrogen) atoms. The van der Waals surface area contributed by atoms with E-state index in [2.05, 4.69) is 25.3 Å². The minimum absolute atomic E-state index is 0.133. The molecule has 4 aromatic rings. The van der Waals surface area contributed by atoms with Gasteiger partial charge in [0.15, 0.2) is 0 Å². The van der Waals surface area contributed by atoms with Gasteiger partial charge >= 0.3 is 0 Å². The molecule has 148 valence electrons. The molecule has 3 aromatic heterocycles. The number of aromatic amines is 1. The third-order valence-corrected chi connectivity index (χ3v) is 5.76. The van der Waals surface area contributed by atoms with Gasteiger partial charge < -0.3 is 10.3 Å². The smallest absolute Gasteiger partial charge is 0.271 e. The van der Waals surface area contributed by atoms with Crippen molar-refractivity contribution in [2.75, 3.05) is 0 Å². The fraction of sp³-hybridized carbons (Fsp3) is 0.273. The number of unbranched alkanes of at least 4 members (excludes halogenated alkanes) is 1. The zero-order chi connectivity index (χ0) is 20.1. The van der Waals surface area contributed by atoms with Crippen LogP contribution in [0.4, 0.5) is 0 Å². The van der Waals surface area contributed by atoms with Crippen LogP contribution in [0.15, 0.2) is 48.1 Å². The molecular weight excluding hydrogens is 382 g/mol. The number of pyridine rings is 1. The number of aromatic nitrogens is 4. The van der Waals surface area contributed by atoms with E-state index in [9.17, 15) is 4.79 Å². The first kappa shape index (κ1) is 19.3. The SMILES string of the molecule is Cc1cnccc1CNC(=O)c1csc(CCCCc2nc3ccccc3[nH]2)n1. The number of imidazole rings is 1. The second-order valence-corrected chi connectivity index (χ2v) is 7.96. The molecule has 0 radical (unpaired) electrons. The van der Waals surface area contributed by atoms with E-state index < -0.39 is 0 Å². The highest BCUT2D eigenvalue weighted by Gasteiger charge is 2.11. The Labute approximate surface area is 173 Å². The molecule has 4 rings (SSSR count). The summed E-state index contributed by atoms with van der Waals surface area (Å²) in [5, 5.41) is 5.77. The number of hydrogen-bond donors (Lipinski definition) is 2. The summed E-state index contributed by atoms with van der Waals surface area (Å²) in [6.07, 6.45) is 7.37. The van der Waals surface area contributed by atoms with Crippen molar-refractivity contribution in [3.63, 3.8) is 0 Å². The fourth-order valence-corrected chi connectivity index (χ4v) is 4.01. The van der Waals surface area contributed by atoms with E-state index in [0.717, 1.165) is 58.7 Å². The highest BCUT2D eigenvalue weighted by atomic mass is 32.1. The van der Waals surface area contributed by atoms with E-state index in [1.54, 1.807) is 23.7 Å². The predicted octanol–water partition coefficient (Wildman–Crippen LogP) is 4.22. The largest absolute Gasteiger partial charge is 0.347 e. The quantitative estimate of drug-likeness (QED) is 0.430. The summed E-state index contributed by atoms with van der Waals surface area (Å²) in [7, 11) is 0. The van der Waals surface area contributed by atoms with Crippen molar-refractivity contribution in [2.45, 2.75) is 39.2 Å². The molecule has 7 heteroatoms. The first-order valence-electron chi connectivity index (χ1n) is 9.75. The highest BCUT2D eigenvalue weighted by molar-refractivity contribution is 7.09. The van der Waals surface area contributed by atoms with Crippen LogP contribution in [0.3, 0.4) is 0 Å². The second-order valence-electron chi connectivity index (χ2n) is 7.02. The van der Waals surface area contributed by atoms with Gasteiger partial charge in [0, 0.05) is 30.7 Å². The predicted molar refractivity (Wildman–Crippen MR) is 115 cm³/mol. The molecule has 1 amide bonds. The number of benzene rings is 1. The minimum Gasteiger partial charge on any atom is -0.347 e. The van der Waals surface area contributed by atoms with Crippen molar-refractivity contribution in [1.29, 1.82) is 0 Å². The van der Waals surface area contributed by atoms with Crippen LogP contribution < -0.4 is 5.32 Å². The number of aryl methyl sites for hydroxylation is 3. The number of carbonyl (C=O) groups excluding carboxylic acids is 1. The Hall–Kier alpha value is -3.06. The van der Waals surface area contributed by atoms with Crippen LogP contribution in [-0.4, -0.2) is 25.8 Å². The van der Waals surface area contributed by atoms with Crippen molar-refractivity contribution in [3.05, 3.63) is 75.8 Å². The topological polar surface area (TPSA) is 83.6 Å². The molecule has 6 nitrogen and oxygen atoms in total. The Morgan fingerprint density at radius 1 is 1.14 bits per heavy atom. The molecule has 0 aliphatic carbocycles. The van der Waals surface area contributed by atoms with Crippen molar-refractivity contribution >= 4 is 28.3 Å². The number of hydrogen-bond acceptors (Lipinski definition) is 5. The molecule has 0 saturated heterocycles. The number of carbonyl (C=O) groups is 1. The zero-order valence-corrected chi connectivity index (χ0v) is 17.1. The van der Waals surface area contributed by atoms with Gasteiger partial charge in [-0.1, -0.05) is 12.1 Å². The van der Waals surface area contributed by atoms with Gasteiger partial charge in [-0.15, -0.1) is 11.3 Å². The number of amides is 1. The molecule has 0 fully saturated rings. The summed E-state index contributed by atoms with van der Waals surface area (Å²) in [6, 6.07) is 10.0. The Kier molecular flexibility index (Phi) is 5.95. The third kappa shape index (κ3) is 4.86. The number of H-pyrrole nitrogens is 1. The van der Waals surface area contributed by atoms with Gasteiger partial charge in [0.05, 0.1) is 16.0 Å². The van der Waals surface area contributed by atoms with Crippen molar-refractivity contribution in [2.24, 2.45) is 0 Å². The van der Waals surface area contributed by atoms with Crippen LogP contribution in [-0.2, 0) is 19.4 Å². The van der Waals surface area contributed by atoms with Crippen LogP contribution in [0.1, 0.15) is 45.3 Å². The van der Waals surface area contributed by atoms with Crippen LogP contribution in [0, 0.1) is 6.92 Å². The van der Waals surface area contributed by atoms with Crippen molar-refractivity contribution < 1.29 is 4.79 Å². The van der Waals surface area contributed by atoms with E-state index in [1.165, 1.54) is 0 Å². The molecule has 0 unspecified atom stereocenters. The Morgan fingerprint density at radius 2 is 2.00 bits per heavy atom. The van der Waals surface area contributed by atoms with Gasteiger partial charge in [-0.2, -0.15) is 0 Å². The Bertz CT molecular complexity index is 1080. The first-order chi connectivity index (χ1) is 14.2. The van der Waals surface area contributed by atoms with Gasteiger partial charge in [-0.05, 0) is 55.5 Å². The number of para-hydroxylation sites is 2. The number of thiazole rings is 1. The summed E-state index contributed by atoms with van der Waals surface area (Å²) < 4.78 is 0. The Morgan fingerprint density at radius 3 is 2.86 bits per heavy atom. The van der Waals surface area contributed by atoms with Crippen molar-refractivity contribution in [3.8, 4) is 0 Å². The number of nitrogens with one attached hydrogen (secondary N) is 2. The highest BCUT2D eigenvalue weighted by Crippen LogP contribution is 2.15. The van der Waals surface area contributed by atoms with Crippen LogP contribution in [0.25, 0.3) is 11.0 Å². The molecule has 2 N–H and O–H groups in total. The normalized spacial score (nSPS) is 11.1. The molecule has 0 saturated carbocycles. The van der Waals surface area contributed by atoms with Gasteiger partial charge in [-0.3, -0.25) is 9.78 Å². The van der Waals surface area contributed by atoms with Crippen molar-refractivity contribution in [1.82, 2.24) is 25.3 Å². The van der Waals surface area contributed by atoms with Gasteiger partial charge in [-0.25, -0.2) is 9.97 Å². The molecular formula is C22H23N5OS. The van der Waals surface area contributed by atoms with Crippen LogP contribution in [0.5, 0.6) is 0 Å². The number of nitrogens with zero attached hydrogens (tertiary/aromatic N) is 3. The van der Waals surface area contributed by atoms with Gasteiger partial charge in [0.25, 0.3) is 5.91 Å². The van der Waals surface area contributed by atoms with Gasteiger partial charge in [0.2, 0.25) is 0 Å². The lowest BCUT2D eigenvalue weighted by molar-refractivity contribution is 0.0946. The number of fused-ring (bicyclic) bond motifs is 1. The molecule has 0 aliphatic heterocycles.